The molecule has 0 saturated heterocycles. The van der Waals surface area contributed by atoms with Crippen LogP contribution in [0.3, 0.4) is 0 Å². The highest BCUT2D eigenvalue weighted by molar-refractivity contribution is 9.09. The topological polar surface area (TPSA) is 0 Å². The molecule has 0 atom stereocenters. The SMILES string of the molecule is C#CC/C(C)=C/CCBr. The maximum Gasteiger partial charge on any atom is 0.0293 e. The third-order valence-corrected chi connectivity index (χ3v) is 1.44. The molecule has 0 aliphatic carbocycles. The summed E-state index contributed by atoms with van der Waals surface area (Å²) in [5.74, 6) is 2.59. The Hall–Kier alpha value is -0.220. The first-order chi connectivity index (χ1) is 4.31. The fraction of sp³-hybridized carbons (Fsp3) is 0.500. The first-order valence-corrected chi connectivity index (χ1v) is 4.08. The van der Waals surface area contributed by atoms with Crippen molar-refractivity contribution in [2.24, 2.45) is 0 Å². The summed E-state index contributed by atoms with van der Waals surface area (Å²) in [6.45, 7) is 2.06. The van der Waals surface area contributed by atoms with Gasteiger partial charge in [-0.3, -0.25) is 0 Å². The monoisotopic (exact) mass is 186 g/mol. The van der Waals surface area contributed by atoms with Crippen LogP contribution in [-0.2, 0) is 0 Å². The lowest BCUT2D eigenvalue weighted by Crippen LogP contribution is -1.74. The van der Waals surface area contributed by atoms with Crippen molar-refractivity contribution in [1.29, 1.82) is 0 Å². The minimum absolute atomic E-state index is 0.785. The van der Waals surface area contributed by atoms with Crippen molar-refractivity contribution in [3.8, 4) is 12.3 Å². The number of halogens is 1. The Kier molecular flexibility index (Phi) is 5.76. The summed E-state index contributed by atoms with van der Waals surface area (Å²) >= 11 is 3.33. The number of hydrogen-bond donors (Lipinski definition) is 0. The molecule has 0 aromatic carbocycles. The maximum absolute atomic E-state index is 5.10. The number of hydrogen-bond acceptors (Lipinski definition) is 0. The van der Waals surface area contributed by atoms with Gasteiger partial charge >= 0.3 is 0 Å². The van der Waals surface area contributed by atoms with Crippen LogP contribution in [-0.4, -0.2) is 5.33 Å². The van der Waals surface area contributed by atoms with Gasteiger partial charge in [-0.05, 0) is 13.3 Å². The second kappa shape index (κ2) is 5.91. The second-order valence-electron chi connectivity index (χ2n) is 1.91. The molecule has 0 radical (unpaired) electrons. The molecule has 0 aliphatic heterocycles. The minimum atomic E-state index is 0.785. The minimum Gasteiger partial charge on any atom is -0.120 e. The van der Waals surface area contributed by atoms with Crippen molar-refractivity contribution < 1.29 is 0 Å². The molecule has 50 valence electrons. The van der Waals surface area contributed by atoms with E-state index in [1.54, 1.807) is 0 Å². The van der Waals surface area contributed by atoms with E-state index in [4.69, 9.17) is 6.42 Å². The van der Waals surface area contributed by atoms with E-state index in [0.29, 0.717) is 0 Å². The summed E-state index contributed by atoms with van der Waals surface area (Å²) < 4.78 is 0. The molecular formula is C8H11Br. The second-order valence-corrected chi connectivity index (χ2v) is 2.70. The zero-order valence-electron chi connectivity index (χ0n) is 5.65. The molecule has 0 fully saturated rings. The Morgan fingerprint density at radius 1 is 1.78 bits per heavy atom. The van der Waals surface area contributed by atoms with Gasteiger partial charge in [0.05, 0.1) is 0 Å². The van der Waals surface area contributed by atoms with Crippen LogP contribution in [0.25, 0.3) is 0 Å². The van der Waals surface area contributed by atoms with Crippen LogP contribution >= 0.6 is 15.9 Å². The number of terminal acetylenes is 1. The average Bonchev–Trinajstić information content (AvgIpc) is 1.85. The van der Waals surface area contributed by atoms with E-state index in [1.165, 1.54) is 5.57 Å². The van der Waals surface area contributed by atoms with Crippen molar-refractivity contribution in [2.75, 3.05) is 5.33 Å². The van der Waals surface area contributed by atoms with Crippen molar-refractivity contribution in [1.82, 2.24) is 0 Å². The molecule has 0 aromatic heterocycles. The summed E-state index contributed by atoms with van der Waals surface area (Å²) in [6.07, 6.45) is 9.12. The zero-order valence-corrected chi connectivity index (χ0v) is 7.24. The Bertz CT molecular complexity index is 128. The van der Waals surface area contributed by atoms with E-state index in [2.05, 4.69) is 34.9 Å². The van der Waals surface area contributed by atoms with E-state index >= 15 is 0 Å². The molecule has 9 heavy (non-hydrogen) atoms. The van der Waals surface area contributed by atoms with E-state index < -0.39 is 0 Å². The Morgan fingerprint density at radius 3 is 2.89 bits per heavy atom. The van der Waals surface area contributed by atoms with Crippen molar-refractivity contribution in [3.63, 3.8) is 0 Å². The van der Waals surface area contributed by atoms with Crippen LogP contribution in [0.5, 0.6) is 0 Å². The lowest BCUT2D eigenvalue weighted by atomic mass is 10.2. The highest BCUT2D eigenvalue weighted by Gasteiger charge is 1.82. The fourth-order valence-electron chi connectivity index (χ4n) is 0.534. The zero-order chi connectivity index (χ0) is 7.11. The standard InChI is InChI=1S/C8H11Br/c1-3-5-8(2)6-4-7-9/h1,6H,4-5,7H2,2H3/b8-6+. The first-order valence-electron chi connectivity index (χ1n) is 2.96. The highest BCUT2D eigenvalue weighted by Crippen LogP contribution is 2.00. The van der Waals surface area contributed by atoms with Crippen LogP contribution in [0.1, 0.15) is 19.8 Å². The Balaban J connectivity index is 3.46. The quantitative estimate of drug-likeness (QED) is 0.362. The highest BCUT2D eigenvalue weighted by atomic mass is 79.9. The Labute approximate surface area is 65.5 Å². The van der Waals surface area contributed by atoms with E-state index in [-0.39, 0.29) is 0 Å². The smallest absolute Gasteiger partial charge is 0.0293 e. The van der Waals surface area contributed by atoms with Crippen LogP contribution in [0, 0.1) is 12.3 Å². The third-order valence-electron chi connectivity index (χ3n) is 0.983. The van der Waals surface area contributed by atoms with Gasteiger partial charge in [0.15, 0.2) is 0 Å². The maximum atomic E-state index is 5.10. The largest absolute Gasteiger partial charge is 0.120 e. The van der Waals surface area contributed by atoms with Gasteiger partial charge in [0.1, 0.15) is 0 Å². The van der Waals surface area contributed by atoms with Gasteiger partial charge in [-0.2, -0.15) is 0 Å². The van der Waals surface area contributed by atoms with Crippen LogP contribution in [0.15, 0.2) is 11.6 Å². The van der Waals surface area contributed by atoms with Gasteiger partial charge < -0.3 is 0 Å². The summed E-state index contributed by atoms with van der Waals surface area (Å²) in [5.41, 5.74) is 1.29. The molecule has 0 saturated carbocycles. The number of allylic oxidation sites excluding steroid dienone is 2. The predicted octanol–water partition coefficient (Wildman–Crippen LogP) is 2.74. The number of rotatable bonds is 3. The number of alkyl halides is 1. The molecule has 0 bridgehead atoms. The molecular weight excluding hydrogens is 176 g/mol. The molecule has 0 N–H and O–H groups in total. The van der Waals surface area contributed by atoms with Gasteiger partial charge in [-0.15, -0.1) is 12.3 Å². The van der Waals surface area contributed by atoms with Gasteiger partial charge in [0, 0.05) is 11.8 Å². The third kappa shape index (κ3) is 5.65. The molecule has 1 heteroatoms. The summed E-state index contributed by atoms with van der Waals surface area (Å²) in [4.78, 5) is 0. The average molecular weight is 187 g/mol. The van der Waals surface area contributed by atoms with Gasteiger partial charge in [-0.25, -0.2) is 0 Å². The lowest BCUT2D eigenvalue weighted by Gasteiger charge is -1.90. The summed E-state index contributed by atoms with van der Waals surface area (Å²) in [6, 6.07) is 0. The molecule has 0 aromatic rings. The molecule has 0 rings (SSSR count). The van der Waals surface area contributed by atoms with Gasteiger partial charge in [0.25, 0.3) is 0 Å². The first kappa shape index (κ1) is 8.78. The summed E-state index contributed by atoms with van der Waals surface area (Å²) in [5, 5.41) is 1.02. The Morgan fingerprint density at radius 2 is 2.44 bits per heavy atom. The predicted molar refractivity (Wildman–Crippen MR) is 45.6 cm³/mol. The summed E-state index contributed by atoms with van der Waals surface area (Å²) in [7, 11) is 0. The van der Waals surface area contributed by atoms with Gasteiger partial charge in [-0.1, -0.05) is 27.6 Å². The fourth-order valence-corrected chi connectivity index (χ4v) is 0.763. The van der Waals surface area contributed by atoms with Crippen molar-refractivity contribution in [2.45, 2.75) is 19.8 Å². The van der Waals surface area contributed by atoms with E-state index in [1.807, 2.05) is 0 Å². The van der Waals surface area contributed by atoms with Crippen LogP contribution in [0.4, 0.5) is 0 Å². The normalized spacial score (nSPS) is 11.0. The molecule has 0 heterocycles. The molecule has 0 spiro atoms. The molecule has 0 unspecified atom stereocenters. The molecule has 0 nitrogen and oxygen atoms in total. The van der Waals surface area contributed by atoms with E-state index in [9.17, 15) is 0 Å². The van der Waals surface area contributed by atoms with Crippen molar-refractivity contribution in [3.05, 3.63) is 11.6 Å². The van der Waals surface area contributed by atoms with Crippen molar-refractivity contribution >= 4 is 15.9 Å². The molecule has 0 aliphatic rings. The molecule has 0 amide bonds. The van der Waals surface area contributed by atoms with Crippen LogP contribution < -0.4 is 0 Å². The van der Waals surface area contributed by atoms with Gasteiger partial charge in [0.2, 0.25) is 0 Å². The van der Waals surface area contributed by atoms with E-state index in [0.717, 1.165) is 18.2 Å². The van der Waals surface area contributed by atoms with Crippen LogP contribution in [0.2, 0.25) is 0 Å². The lowest BCUT2D eigenvalue weighted by molar-refractivity contribution is 1.16.